The quantitative estimate of drug-likeness (QED) is 0.604. The Balaban J connectivity index is 2.49. The van der Waals surface area contributed by atoms with Crippen LogP contribution in [-0.4, -0.2) is 18.5 Å². The van der Waals surface area contributed by atoms with Crippen LogP contribution in [0.3, 0.4) is 0 Å². The van der Waals surface area contributed by atoms with E-state index in [1.165, 1.54) is 0 Å². The van der Waals surface area contributed by atoms with E-state index in [-0.39, 0.29) is 11.8 Å². The van der Waals surface area contributed by atoms with Crippen molar-refractivity contribution in [2.75, 3.05) is 7.05 Å². The lowest BCUT2D eigenvalue weighted by Gasteiger charge is -2.30. The van der Waals surface area contributed by atoms with Crippen molar-refractivity contribution in [1.29, 1.82) is 5.26 Å². The molecule has 1 rings (SSSR count). The second-order valence-corrected chi connectivity index (χ2v) is 3.66. The number of nitrogens with zero attached hydrogens (tertiary/aromatic N) is 1. The van der Waals surface area contributed by atoms with E-state index < -0.39 is 5.54 Å². The monoisotopic (exact) mass is 181 g/mol. The van der Waals surface area contributed by atoms with Gasteiger partial charge in [0.05, 0.1) is 6.07 Å². The molecule has 4 nitrogen and oxygen atoms in total. The molecule has 0 saturated heterocycles. The van der Waals surface area contributed by atoms with Crippen molar-refractivity contribution in [3.8, 4) is 6.07 Å². The number of nitrogens with two attached hydrogens (primary N) is 1. The zero-order chi connectivity index (χ0) is 9.90. The van der Waals surface area contributed by atoms with Gasteiger partial charge >= 0.3 is 0 Å². The summed E-state index contributed by atoms with van der Waals surface area (Å²) in [5, 5.41) is 11.4. The van der Waals surface area contributed by atoms with Gasteiger partial charge in [0.2, 0.25) is 5.91 Å². The molecule has 0 aromatic heterocycles. The molecule has 4 heteroatoms. The number of carbonyl (C=O) groups is 1. The molecule has 0 bridgehead atoms. The van der Waals surface area contributed by atoms with E-state index in [0.29, 0.717) is 12.8 Å². The van der Waals surface area contributed by atoms with Gasteiger partial charge in [0.15, 0.2) is 0 Å². The van der Waals surface area contributed by atoms with Crippen molar-refractivity contribution < 1.29 is 4.79 Å². The van der Waals surface area contributed by atoms with Crippen LogP contribution in [0.1, 0.15) is 25.7 Å². The fraction of sp³-hybridized carbons (Fsp3) is 0.778. The molecule has 0 spiro atoms. The van der Waals surface area contributed by atoms with Crippen molar-refractivity contribution >= 4 is 5.91 Å². The van der Waals surface area contributed by atoms with Gasteiger partial charge < -0.3 is 11.1 Å². The van der Waals surface area contributed by atoms with Gasteiger partial charge in [0.25, 0.3) is 0 Å². The number of amides is 1. The number of nitriles is 1. The third-order valence-corrected chi connectivity index (χ3v) is 2.72. The molecule has 1 aliphatic rings. The zero-order valence-corrected chi connectivity index (χ0v) is 7.84. The number of carbonyl (C=O) groups excluding carboxylic acids is 1. The smallest absolute Gasteiger partial charge is 0.222 e. The number of hydrogen-bond donors (Lipinski definition) is 2. The molecule has 3 N–H and O–H groups in total. The highest BCUT2D eigenvalue weighted by Crippen LogP contribution is 2.29. The molecule has 0 aliphatic heterocycles. The van der Waals surface area contributed by atoms with Crippen molar-refractivity contribution in [2.45, 2.75) is 31.2 Å². The molecule has 1 fully saturated rings. The van der Waals surface area contributed by atoms with Crippen molar-refractivity contribution in [3.63, 3.8) is 0 Å². The van der Waals surface area contributed by atoms with E-state index in [9.17, 15) is 4.79 Å². The Hall–Kier alpha value is -1.08. The summed E-state index contributed by atoms with van der Waals surface area (Å²) < 4.78 is 0. The van der Waals surface area contributed by atoms with E-state index in [0.717, 1.165) is 12.8 Å². The first-order chi connectivity index (χ1) is 6.11. The first-order valence-corrected chi connectivity index (χ1v) is 4.53. The maximum atomic E-state index is 11.2. The normalized spacial score (nSPS) is 33.5. The van der Waals surface area contributed by atoms with E-state index in [1.54, 1.807) is 7.05 Å². The second-order valence-electron chi connectivity index (χ2n) is 3.66. The minimum Gasteiger partial charge on any atom is -0.359 e. The van der Waals surface area contributed by atoms with Gasteiger partial charge in [-0.1, -0.05) is 0 Å². The molecule has 0 aromatic rings. The topological polar surface area (TPSA) is 78.9 Å². The second kappa shape index (κ2) is 3.75. The Morgan fingerprint density at radius 1 is 1.62 bits per heavy atom. The van der Waals surface area contributed by atoms with Crippen molar-refractivity contribution in [3.05, 3.63) is 0 Å². The molecule has 13 heavy (non-hydrogen) atoms. The summed E-state index contributed by atoms with van der Waals surface area (Å²) in [6, 6.07) is 2.10. The summed E-state index contributed by atoms with van der Waals surface area (Å²) in [5.74, 6) is 0.120. The highest BCUT2D eigenvalue weighted by Gasteiger charge is 2.33. The summed E-state index contributed by atoms with van der Waals surface area (Å²) in [6.07, 6.45) is 2.70. The minimum absolute atomic E-state index is 0.0509. The molecule has 0 unspecified atom stereocenters. The Morgan fingerprint density at radius 2 is 2.15 bits per heavy atom. The largest absolute Gasteiger partial charge is 0.359 e. The van der Waals surface area contributed by atoms with Crippen LogP contribution in [0.4, 0.5) is 0 Å². The van der Waals surface area contributed by atoms with Crippen LogP contribution in [0.2, 0.25) is 0 Å². The molecular formula is C9H15N3O. The van der Waals surface area contributed by atoms with Crippen molar-refractivity contribution in [1.82, 2.24) is 5.32 Å². The first-order valence-electron chi connectivity index (χ1n) is 4.53. The van der Waals surface area contributed by atoms with Gasteiger partial charge in [0.1, 0.15) is 5.54 Å². The summed E-state index contributed by atoms with van der Waals surface area (Å²) in [4.78, 5) is 11.2. The summed E-state index contributed by atoms with van der Waals surface area (Å²) in [6.45, 7) is 0. The summed E-state index contributed by atoms with van der Waals surface area (Å²) >= 11 is 0. The molecule has 72 valence electrons. The van der Waals surface area contributed by atoms with Crippen LogP contribution in [0, 0.1) is 17.2 Å². The van der Waals surface area contributed by atoms with E-state index in [1.807, 2.05) is 0 Å². The zero-order valence-electron chi connectivity index (χ0n) is 7.84. The van der Waals surface area contributed by atoms with E-state index >= 15 is 0 Å². The van der Waals surface area contributed by atoms with Gasteiger partial charge in [-0.25, -0.2) is 0 Å². The Kier molecular flexibility index (Phi) is 2.89. The molecule has 0 heterocycles. The van der Waals surface area contributed by atoms with Crippen LogP contribution in [0.5, 0.6) is 0 Å². The number of rotatable bonds is 1. The predicted octanol–water partition coefficient (Wildman–Crippen LogP) is 0.144. The maximum Gasteiger partial charge on any atom is 0.222 e. The first kappa shape index (κ1) is 10.0. The lowest BCUT2D eigenvalue weighted by molar-refractivity contribution is -0.125. The van der Waals surface area contributed by atoms with Crippen LogP contribution < -0.4 is 11.1 Å². The third kappa shape index (κ3) is 2.19. The van der Waals surface area contributed by atoms with Crippen LogP contribution >= 0.6 is 0 Å². The molecular weight excluding hydrogens is 166 g/mol. The minimum atomic E-state index is -0.690. The lowest BCUT2D eigenvalue weighted by atomic mass is 9.77. The number of nitrogens with one attached hydrogen (secondary N) is 1. The predicted molar refractivity (Wildman–Crippen MR) is 48.6 cm³/mol. The standard InChI is InChI=1S/C9H15N3O/c1-12-8(13)7-2-4-9(11,6-10)5-3-7/h7H,2-5,11H2,1H3,(H,12,13). The molecule has 1 amide bonds. The van der Waals surface area contributed by atoms with E-state index in [2.05, 4.69) is 11.4 Å². The van der Waals surface area contributed by atoms with E-state index in [4.69, 9.17) is 11.0 Å². The molecule has 0 aromatic carbocycles. The maximum absolute atomic E-state index is 11.2. The van der Waals surface area contributed by atoms with Crippen LogP contribution in [0.25, 0.3) is 0 Å². The van der Waals surface area contributed by atoms with Crippen LogP contribution in [0.15, 0.2) is 0 Å². The van der Waals surface area contributed by atoms with Gasteiger partial charge in [-0.3, -0.25) is 4.79 Å². The summed E-state index contributed by atoms with van der Waals surface area (Å²) in [5.41, 5.74) is 5.08. The lowest BCUT2D eigenvalue weighted by Crippen LogP contribution is -2.44. The Morgan fingerprint density at radius 3 is 2.54 bits per heavy atom. The summed E-state index contributed by atoms with van der Waals surface area (Å²) in [7, 11) is 1.64. The van der Waals surface area contributed by atoms with Crippen LogP contribution in [-0.2, 0) is 4.79 Å². The highest BCUT2D eigenvalue weighted by atomic mass is 16.1. The molecule has 0 atom stereocenters. The third-order valence-electron chi connectivity index (χ3n) is 2.72. The highest BCUT2D eigenvalue weighted by molar-refractivity contribution is 5.78. The Bertz CT molecular complexity index is 236. The van der Waals surface area contributed by atoms with Gasteiger partial charge in [-0.2, -0.15) is 5.26 Å². The average Bonchev–Trinajstić information content (AvgIpc) is 2.18. The van der Waals surface area contributed by atoms with Gasteiger partial charge in [-0.15, -0.1) is 0 Å². The fourth-order valence-electron chi connectivity index (χ4n) is 1.71. The van der Waals surface area contributed by atoms with Gasteiger partial charge in [0, 0.05) is 13.0 Å². The fourth-order valence-corrected chi connectivity index (χ4v) is 1.71. The number of hydrogen-bond acceptors (Lipinski definition) is 3. The SMILES string of the molecule is CNC(=O)C1CCC(N)(C#N)CC1. The van der Waals surface area contributed by atoms with Crippen molar-refractivity contribution in [2.24, 2.45) is 11.7 Å². The molecule has 0 radical (unpaired) electrons. The Labute approximate surface area is 78.1 Å². The van der Waals surface area contributed by atoms with Gasteiger partial charge in [-0.05, 0) is 25.7 Å². The molecule has 1 saturated carbocycles. The molecule has 1 aliphatic carbocycles. The average molecular weight is 181 g/mol.